The van der Waals surface area contributed by atoms with E-state index in [1.54, 1.807) is 7.11 Å². The van der Waals surface area contributed by atoms with Crippen LogP contribution in [0.15, 0.2) is 18.5 Å². The highest BCUT2D eigenvalue weighted by Crippen LogP contribution is 1.96. The Balaban J connectivity index is 2.11. The van der Waals surface area contributed by atoms with Crippen LogP contribution in [-0.2, 0) is 16.0 Å². The quantitative estimate of drug-likeness (QED) is 0.658. The van der Waals surface area contributed by atoms with E-state index in [2.05, 4.69) is 10.3 Å². The minimum Gasteiger partial charge on any atom is -0.385 e. The first-order chi connectivity index (χ1) is 6.83. The van der Waals surface area contributed by atoms with Crippen molar-refractivity contribution in [1.29, 1.82) is 0 Å². The molecule has 0 radical (unpaired) electrons. The van der Waals surface area contributed by atoms with Gasteiger partial charge in [0.05, 0.1) is 6.42 Å². The Bertz CT molecular complexity index is 257. The average Bonchev–Trinajstić information content (AvgIpc) is 2.65. The predicted molar refractivity (Wildman–Crippen MR) is 54.0 cm³/mol. The van der Waals surface area contributed by atoms with Crippen LogP contribution in [0.1, 0.15) is 12.0 Å². The summed E-state index contributed by atoms with van der Waals surface area (Å²) in [5.41, 5.74) is 1.01. The molecule has 14 heavy (non-hydrogen) atoms. The Hall–Kier alpha value is -1.29. The van der Waals surface area contributed by atoms with E-state index in [9.17, 15) is 4.79 Å². The predicted octanol–water partition coefficient (Wildman–Crippen LogP) is 0.710. The van der Waals surface area contributed by atoms with Gasteiger partial charge in [0.2, 0.25) is 5.91 Å². The smallest absolute Gasteiger partial charge is 0.224 e. The molecule has 1 rings (SSSR count). The summed E-state index contributed by atoms with van der Waals surface area (Å²) in [5.74, 6) is 0.0562. The van der Waals surface area contributed by atoms with Crippen molar-refractivity contribution in [3.63, 3.8) is 0 Å². The lowest BCUT2D eigenvalue weighted by Crippen LogP contribution is -2.26. The van der Waals surface area contributed by atoms with E-state index in [0.717, 1.165) is 12.0 Å². The summed E-state index contributed by atoms with van der Waals surface area (Å²) in [6.45, 7) is 1.36. The number of hydrogen-bond acceptors (Lipinski definition) is 2. The third kappa shape index (κ3) is 4.09. The maximum Gasteiger partial charge on any atom is 0.224 e. The summed E-state index contributed by atoms with van der Waals surface area (Å²) in [4.78, 5) is 14.2. The van der Waals surface area contributed by atoms with Crippen LogP contribution >= 0.6 is 0 Å². The largest absolute Gasteiger partial charge is 0.385 e. The zero-order chi connectivity index (χ0) is 10.2. The number of nitrogens with one attached hydrogen (secondary N) is 2. The lowest BCUT2D eigenvalue weighted by molar-refractivity contribution is -0.120. The number of carbonyl (C=O) groups excluding carboxylic acids is 1. The summed E-state index contributed by atoms with van der Waals surface area (Å²) < 4.78 is 4.87. The molecule has 0 saturated carbocycles. The molecule has 1 heterocycles. The van der Waals surface area contributed by atoms with Gasteiger partial charge in [-0.15, -0.1) is 0 Å². The van der Waals surface area contributed by atoms with Crippen molar-refractivity contribution in [1.82, 2.24) is 10.3 Å². The number of aromatic amines is 1. The number of aromatic nitrogens is 1. The first kappa shape index (κ1) is 10.8. The number of ether oxygens (including phenoxy) is 1. The molecule has 0 aliphatic rings. The molecule has 4 nitrogen and oxygen atoms in total. The highest BCUT2D eigenvalue weighted by Gasteiger charge is 2.01. The number of H-pyrrole nitrogens is 1. The summed E-state index contributed by atoms with van der Waals surface area (Å²) in [7, 11) is 1.65. The SMILES string of the molecule is COCCCNC(=O)Cc1cc[nH]c1. The molecule has 0 aromatic carbocycles. The van der Waals surface area contributed by atoms with Crippen molar-refractivity contribution < 1.29 is 9.53 Å². The fourth-order valence-corrected chi connectivity index (χ4v) is 1.16. The molecule has 0 atom stereocenters. The molecule has 1 amide bonds. The minimum absolute atomic E-state index is 0.0562. The summed E-state index contributed by atoms with van der Waals surface area (Å²) >= 11 is 0. The van der Waals surface area contributed by atoms with Crippen molar-refractivity contribution in [2.45, 2.75) is 12.8 Å². The van der Waals surface area contributed by atoms with Crippen LogP contribution in [0, 0.1) is 0 Å². The standard InChI is InChI=1S/C10H16N2O2/c1-14-6-2-4-12-10(13)7-9-3-5-11-8-9/h3,5,8,11H,2,4,6-7H2,1H3,(H,12,13). The molecule has 1 aromatic rings. The van der Waals surface area contributed by atoms with Gasteiger partial charge in [0.15, 0.2) is 0 Å². The van der Waals surface area contributed by atoms with Crippen molar-refractivity contribution in [2.75, 3.05) is 20.3 Å². The second-order valence-electron chi connectivity index (χ2n) is 3.09. The third-order valence-electron chi connectivity index (χ3n) is 1.87. The maximum absolute atomic E-state index is 11.3. The number of hydrogen-bond donors (Lipinski definition) is 2. The van der Waals surface area contributed by atoms with Crippen LogP contribution in [0.2, 0.25) is 0 Å². The molecule has 0 saturated heterocycles. The van der Waals surface area contributed by atoms with Crippen LogP contribution in [0.25, 0.3) is 0 Å². The zero-order valence-electron chi connectivity index (χ0n) is 8.38. The highest BCUT2D eigenvalue weighted by atomic mass is 16.5. The van der Waals surface area contributed by atoms with Gasteiger partial charge in [-0.05, 0) is 18.1 Å². The van der Waals surface area contributed by atoms with Gasteiger partial charge in [0.1, 0.15) is 0 Å². The molecule has 4 heteroatoms. The van der Waals surface area contributed by atoms with Gasteiger partial charge in [-0.3, -0.25) is 4.79 Å². The second-order valence-corrected chi connectivity index (χ2v) is 3.09. The molecule has 0 spiro atoms. The van der Waals surface area contributed by atoms with Crippen molar-refractivity contribution in [3.8, 4) is 0 Å². The fraction of sp³-hybridized carbons (Fsp3) is 0.500. The van der Waals surface area contributed by atoms with Gasteiger partial charge in [0, 0.05) is 32.7 Å². The minimum atomic E-state index is 0.0562. The molecule has 78 valence electrons. The monoisotopic (exact) mass is 196 g/mol. The zero-order valence-corrected chi connectivity index (χ0v) is 8.38. The Morgan fingerprint density at radius 1 is 1.64 bits per heavy atom. The third-order valence-corrected chi connectivity index (χ3v) is 1.87. The van der Waals surface area contributed by atoms with E-state index in [1.807, 2.05) is 18.5 Å². The van der Waals surface area contributed by atoms with E-state index in [1.165, 1.54) is 0 Å². The van der Waals surface area contributed by atoms with Gasteiger partial charge >= 0.3 is 0 Å². The lowest BCUT2D eigenvalue weighted by atomic mass is 10.2. The van der Waals surface area contributed by atoms with Crippen molar-refractivity contribution >= 4 is 5.91 Å². The van der Waals surface area contributed by atoms with E-state index < -0.39 is 0 Å². The lowest BCUT2D eigenvalue weighted by Gasteiger charge is -2.03. The molecule has 0 unspecified atom stereocenters. The molecule has 0 aliphatic heterocycles. The topological polar surface area (TPSA) is 54.1 Å². The summed E-state index contributed by atoms with van der Waals surface area (Å²) in [5, 5.41) is 2.82. The normalized spacial score (nSPS) is 10.1. The molecular formula is C10H16N2O2. The average molecular weight is 196 g/mol. The first-order valence-electron chi connectivity index (χ1n) is 4.70. The van der Waals surface area contributed by atoms with Crippen molar-refractivity contribution in [3.05, 3.63) is 24.0 Å². The number of amides is 1. The van der Waals surface area contributed by atoms with E-state index in [-0.39, 0.29) is 5.91 Å². The van der Waals surface area contributed by atoms with Crippen LogP contribution in [0.4, 0.5) is 0 Å². The van der Waals surface area contributed by atoms with Gasteiger partial charge in [-0.25, -0.2) is 0 Å². The molecule has 2 N–H and O–H groups in total. The molecular weight excluding hydrogens is 180 g/mol. The van der Waals surface area contributed by atoms with Crippen molar-refractivity contribution in [2.24, 2.45) is 0 Å². The number of methoxy groups -OCH3 is 1. The van der Waals surface area contributed by atoms with Crippen LogP contribution in [0.3, 0.4) is 0 Å². The summed E-state index contributed by atoms with van der Waals surface area (Å²) in [6.07, 6.45) is 4.94. The van der Waals surface area contributed by atoms with Gasteiger partial charge in [0.25, 0.3) is 0 Å². The van der Waals surface area contributed by atoms with E-state index in [0.29, 0.717) is 19.6 Å². The van der Waals surface area contributed by atoms with Crippen LogP contribution in [-0.4, -0.2) is 31.2 Å². The Morgan fingerprint density at radius 2 is 2.50 bits per heavy atom. The summed E-state index contributed by atoms with van der Waals surface area (Å²) in [6, 6.07) is 1.90. The Labute approximate surface area is 83.7 Å². The molecule has 0 aliphatic carbocycles. The number of rotatable bonds is 6. The fourth-order valence-electron chi connectivity index (χ4n) is 1.16. The van der Waals surface area contributed by atoms with Gasteiger partial charge in [-0.1, -0.05) is 0 Å². The van der Waals surface area contributed by atoms with Crippen LogP contribution < -0.4 is 5.32 Å². The van der Waals surface area contributed by atoms with E-state index in [4.69, 9.17) is 4.74 Å². The Morgan fingerprint density at radius 3 is 3.14 bits per heavy atom. The molecule has 1 aromatic heterocycles. The van der Waals surface area contributed by atoms with Crippen LogP contribution in [0.5, 0.6) is 0 Å². The molecule has 0 bridgehead atoms. The molecule has 0 fully saturated rings. The first-order valence-corrected chi connectivity index (χ1v) is 4.70. The Kier molecular flexibility index (Phi) is 4.78. The highest BCUT2D eigenvalue weighted by molar-refractivity contribution is 5.78. The van der Waals surface area contributed by atoms with Gasteiger partial charge < -0.3 is 15.0 Å². The van der Waals surface area contributed by atoms with E-state index >= 15 is 0 Å². The second kappa shape index (κ2) is 6.21. The maximum atomic E-state index is 11.3. The van der Waals surface area contributed by atoms with Gasteiger partial charge in [-0.2, -0.15) is 0 Å². The number of carbonyl (C=O) groups is 1.